The highest BCUT2D eigenvalue weighted by Gasteiger charge is 2.21. The molecule has 0 aliphatic rings. The molecule has 0 fully saturated rings. The molecule has 1 aromatic carbocycles. The van der Waals surface area contributed by atoms with Gasteiger partial charge in [-0.05, 0) is 38.8 Å². The highest BCUT2D eigenvalue weighted by atomic mass is 16.5. The number of hydrogen-bond donors (Lipinski definition) is 1. The lowest BCUT2D eigenvalue weighted by atomic mass is 10.0. The molecule has 1 unspecified atom stereocenters. The first kappa shape index (κ1) is 19.9. The molecule has 0 aliphatic heterocycles. The van der Waals surface area contributed by atoms with Gasteiger partial charge in [-0.1, -0.05) is 32.0 Å². The average Bonchev–Trinajstić information content (AvgIpc) is 3.11. The van der Waals surface area contributed by atoms with Gasteiger partial charge >= 0.3 is 0 Å². The van der Waals surface area contributed by atoms with Gasteiger partial charge in [0.2, 0.25) is 0 Å². The van der Waals surface area contributed by atoms with E-state index in [0.717, 1.165) is 28.0 Å². The number of pyridine rings is 1. The smallest absolute Gasteiger partial charge is 0.252 e. The third kappa shape index (κ3) is 3.72. The Morgan fingerprint density at radius 3 is 2.50 bits per heavy atom. The summed E-state index contributed by atoms with van der Waals surface area (Å²) in [6, 6.07) is 9.55. The molecule has 6 nitrogen and oxygen atoms in total. The second-order valence-corrected chi connectivity index (χ2v) is 7.61. The van der Waals surface area contributed by atoms with Gasteiger partial charge in [0.1, 0.15) is 5.75 Å². The first-order valence-electron chi connectivity index (χ1n) is 9.65. The molecule has 2 aromatic heterocycles. The molecular formula is C22H28N4O2. The van der Waals surface area contributed by atoms with Crippen molar-refractivity contribution in [1.82, 2.24) is 20.1 Å². The zero-order valence-electron chi connectivity index (χ0n) is 17.4. The van der Waals surface area contributed by atoms with Crippen LogP contribution in [0.15, 0.2) is 36.5 Å². The van der Waals surface area contributed by atoms with Gasteiger partial charge in [0.15, 0.2) is 5.65 Å². The number of carbonyl (C=O) groups is 1. The third-order valence-corrected chi connectivity index (χ3v) is 4.86. The number of fused-ring (bicyclic) bond motifs is 1. The van der Waals surface area contributed by atoms with E-state index in [2.05, 4.69) is 38.1 Å². The zero-order chi connectivity index (χ0) is 20.4. The van der Waals surface area contributed by atoms with Crippen LogP contribution in [0.25, 0.3) is 11.0 Å². The van der Waals surface area contributed by atoms with Gasteiger partial charge in [-0.2, -0.15) is 5.10 Å². The summed E-state index contributed by atoms with van der Waals surface area (Å²) in [5.74, 6) is 0.819. The van der Waals surface area contributed by atoms with E-state index in [1.807, 2.05) is 41.9 Å². The van der Waals surface area contributed by atoms with Crippen LogP contribution in [0.3, 0.4) is 0 Å². The third-order valence-electron chi connectivity index (χ3n) is 4.86. The fourth-order valence-corrected chi connectivity index (χ4v) is 3.28. The molecule has 0 saturated carbocycles. The number of nitrogens with zero attached hydrogens (tertiary/aromatic N) is 3. The van der Waals surface area contributed by atoms with Gasteiger partial charge in [-0.25, -0.2) is 9.67 Å². The lowest BCUT2D eigenvalue weighted by Crippen LogP contribution is -2.27. The molecule has 0 spiro atoms. The standard InChI is InChI=1S/C22H28N4O2/c1-13(2)19-11-17(18-12-23-26(14(3)4)21(18)25-19)22(27)24-15(5)16-9-7-8-10-20(16)28-6/h7-15H,1-6H3,(H,24,27). The minimum Gasteiger partial charge on any atom is -0.496 e. The quantitative estimate of drug-likeness (QED) is 0.677. The number of ether oxygens (including phenoxy) is 1. The van der Waals surface area contributed by atoms with E-state index in [4.69, 9.17) is 9.72 Å². The van der Waals surface area contributed by atoms with E-state index in [-0.39, 0.29) is 23.9 Å². The number of amides is 1. The maximum absolute atomic E-state index is 13.2. The highest BCUT2D eigenvalue weighted by Crippen LogP contribution is 2.27. The fraction of sp³-hybridized carbons (Fsp3) is 0.409. The van der Waals surface area contributed by atoms with Crippen LogP contribution in [0.2, 0.25) is 0 Å². The van der Waals surface area contributed by atoms with E-state index < -0.39 is 0 Å². The second kappa shape index (κ2) is 8.00. The van der Waals surface area contributed by atoms with Crippen LogP contribution < -0.4 is 10.1 Å². The maximum atomic E-state index is 13.2. The van der Waals surface area contributed by atoms with Gasteiger partial charge in [-0.3, -0.25) is 4.79 Å². The number of aromatic nitrogens is 3. The van der Waals surface area contributed by atoms with E-state index in [1.54, 1.807) is 13.3 Å². The predicted octanol–water partition coefficient (Wildman–Crippen LogP) is 4.64. The Balaban J connectivity index is 2.01. The summed E-state index contributed by atoms with van der Waals surface area (Å²) >= 11 is 0. The van der Waals surface area contributed by atoms with E-state index >= 15 is 0 Å². The Hall–Kier alpha value is -2.89. The van der Waals surface area contributed by atoms with E-state index in [0.29, 0.717) is 5.56 Å². The largest absolute Gasteiger partial charge is 0.496 e. The maximum Gasteiger partial charge on any atom is 0.252 e. The van der Waals surface area contributed by atoms with Gasteiger partial charge in [0.05, 0.1) is 30.3 Å². The van der Waals surface area contributed by atoms with Crippen molar-refractivity contribution >= 4 is 16.9 Å². The normalized spacial score (nSPS) is 12.6. The Morgan fingerprint density at radius 1 is 1.14 bits per heavy atom. The van der Waals surface area contributed by atoms with Crippen molar-refractivity contribution in [1.29, 1.82) is 0 Å². The number of carbonyl (C=O) groups excluding carboxylic acids is 1. The lowest BCUT2D eigenvalue weighted by Gasteiger charge is -2.18. The van der Waals surface area contributed by atoms with Gasteiger partial charge < -0.3 is 10.1 Å². The minimum atomic E-state index is -0.200. The summed E-state index contributed by atoms with van der Waals surface area (Å²) in [4.78, 5) is 17.9. The summed E-state index contributed by atoms with van der Waals surface area (Å²) in [5, 5.41) is 8.32. The summed E-state index contributed by atoms with van der Waals surface area (Å²) in [5.41, 5.74) is 3.16. The first-order valence-corrected chi connectivity index (χ1v) is 9.65. The predicted molar refractivity (Wildman–Crippen MR) is 111 cm³/mol. The fourth-order valence-electron chi connectivity index (χ4n) is 3.28. The first-order chi connectivity index (χ1) is 13.3. The lowest BCUT2D eigenvalue weighted by molar-refractivity contribution is 0.0941. The zero-order valence-corrected chi connectivity index (χ0v) is 17.4. The molecule has 1 amide bonds. The van der Waals surface area contributed by atoms with Crippen molar-refractivity contribution in [3.63, 3.8) is 0 Å². The van der Waals surface area contributed by atoms with Crippen LogP contribution >= 0.6 is 0 Å². The van der Waals surface area contributed by atoms with Crippen LogP contribution in [-0.2, 0) is 0 Å². The van der Waals surface area contributed by atoms with Crippen LogP contribution in [0.4, 0.5) is 0 Å². The molecule has 0 bridgehead atoms. The van der Waals surface area contributed by atoms with Gasteiger partial charge in [0, 0.05) is 17.3 Å². The summed E-state index contributed by atoms with van der Waals surface area (Å²) in [6.07, 6.45) is 1.73. The molecule has 6 heteroatoms. The molecule has 1 N–H and O–H groups in total. The molecular weight excluding hydrogens is 352 g/mol. The summed E-state index contributed by atoms with van der Waals surface area (Å²) in [6.45, 7) is 10.2. The molecule has 0 radical (unpaired) electrons. The number of nitrogens with one attached hydrogen (secondary N) is 1. The molecule has 0 saturated heterocycles. The van der Waals surface area contributed by atoms with Crippen LogP contribution in [-0.4, -0.2) is 27.8 Å². The van der Waals surface area contributed by atoms with Crippen molar-refractivity contribution in [2.45, 2.75) is 52.6 Å². The number of para-hydroxylation sites is 1. The number of methoxy groups -OCH3 is 1. The van der Waals surface area contributed by atoms with Crippen LogP contribution in [0.1, 0.15) is 74.2 Å². The Kier molecular flexibility index (Phi) is 5.68. The summed E-state index contributed by atoms with van der Waals surface area (Å²) < 4.78 is 7.29. The number of rotatable bonds is 6. The van der Waals surface area contributed by atoms with E-state index in [1.165, 1.54) is 0 Å². The molecule has 28 heavy (non-hydrogen) atoms. The average molecular weight is 380 g/mol. The summed E-state index contributed by atoms with van der Waals surface area (Å²) in [7, 11) is 1.63. The molecule has 2 heterocycles. The van der Waals surface area contributed by atoms with Crippen molar-refractivity contribution in [3.05, 3.63) is 53.3 Å². The number of hydrogen-bond acceptors (Lipinski definition) is 4. The van der Waals surface area contributed by atoms with Crippen molar-refractivity contribution in [2.24, 2.45) is 0 Å². The highest BCUT2D eigenvalue weighted by molar-refractivity contribution is 6.05. The Morgan fingerprint density at radius 2 is 1.86 bits per heavy atom. The van der Waals surface area contributed by atoms with Gasteiger partial charge in [-0.15, -0.1) is 0 Å². The second-order valence-electron chi connectivity index (χ2n) is 7.61. The minimum absolute atomic E-state index is 0.143. The van der Waals surface area contributed by atoms with Crippen molar-refractivity contribution in [2.75, 3.05) is 7.11 Å². The van der Waals surface area contributed by atoms with Crippen molar-refractivity contribution in [3.8, 4) is 5.75 Å². The van der Waals surface area contributed by atoms with Crippen LogP contribution in [0, 0.1) is 0 Å². The van der Waals surface area contributed by atoms with Crippen LogP contribution in [0.5, 0.6) is 5.75 Å². The van der Waals surface area contributed by atoms with Crippen molar-refractivity contribution < 1.29 is 9.53 Å². The Labute approximate surface area is 165 Å². The topological polar surface area (TPSA) is 69.0 Å². The molecule has 3 rings (SSSR count). The van der Waals surface area contributed by atoms with E-state index in [9.17, 15) is 4.79 Å². The molecule has 1 atom stereocenters. The Bertz CT molecular complexity index is 991. The molecule has 148 valence electrons. The SMILES string of the molecule is COc1ccccc1C(C)NC(=O)c1cc(C(C)C)nc2c1cnn2C(C)C. The number of benzene rings is 1. The monoisotopic (exact) mass is 380 g/mol. The molecule has 3 aromatic rings. The van der Waals surface area contributed by atoms with Gasteiger partial charge in [0.25, 0.3) is 5.91 Å². The molecule has 0 aliphatic carbocycles.